The quantitative estimate of drug-likeness (QED) is 0.865. The highest BCUT2D eigenvalue weighted by Crippen LogP contribution is 2.28. The molecule has 2 unspecified atom stereocenters. The van der Waals surface area contributed by atoms with Crippen molar-refractivity contribution in [2.24, 2.45) is 5.73 Å². The maximum Gasteiger partial charge on any atom is 0.138 e. The molecule has 0 spiro atoms. The normalized spacial score (nSPS) is 21.3. The van der Waals surface area contributed by atoms with Gasteiger partial charge in [0.1, 0.15) is 12.2 Å². The van der Waals surface area contributed by atoms with Crippen molar-refractivity contribution in [3.8, 4) is 0 Å². The highest BCUT2D eigenvalue weighted by atomic mass is 15.3. The van der Waals surface area contributed by atoms with Crippen molar-refractivity contribution in [3.63, 3.8) is 0 Å². The second kappa shape index (κ2) is 6.22. The number of nitrogens with zero attached hydrogens (tertiary/aromatic N) is 4. The fraction of sp³-hybridized carbons (Fsp3) is 0.867. The van der Waals surface area contributed by atoms with E-state index in [-0.39, 0.29) is 11.6 Å². The minimum Gasteiger partial charge on any atom is -0.326 e. The Morgan fingerprint density at radius 2 is 2.00 bits per heavy atom. The molecule has 2 N–H and O–H groups in total. The van der Waals surface area contributed by atoms with Gasteiger partial charge < -0.3 is 5.73 Å². The predicted molar refractivity (Wildman–Crippen MR) is 81.6 cm³/mol. The van der Waals surface area contributed by atoms with E-state index in [0.717, 1.165) is 18.7 Å². The molecule has 0 bridgehead atoms. The largest absolute Gasteiger partial charge is 0.326 e. The van der Waals surface area contributed by atoms with Crippen molar-refractivity contribution >= 4 is 0 Å². The average molecular weight is 279 g/mol. The Labute approximate surface area is 122 Å². The van der Waals surface area contributed by atoms with Crippen LogP contribution in [-0.2, 0) is 6.42 Å². The van der Waals surface area contributed by atoms with E-state index < -0.39 is 0 Å². The number of nitrogens with two attached hydrogens (primary N) is 1. The Morgan fingerprint density at radius 1 is 1.35 bits per heavy atom. The minimum atomic E-state index is 0.0598. The van der Waals surface area contributed by atoms with Gasteiger partial charge in [0.05, 0.1) is 0 Å². The molecule has 5 nitrogen and oxygen atoms in total. The Bertz CT molecular complexity index is 422. The molecule has 1 aromatic heterocycles. The second-order valence-electron chi connectivity index (χ2n) is 6.43. The SMILES string of the molecule is CCC(C)(C(N)Cc1ncnn1C(C)C)N1CCCC1. The van der Waals surface area contributed by atoms with Crippen LogP contribution in [0, 0.1) is 0 Å². The van der Waals surface area contributed by atoms with Crippen molar-refractivity contribution in [2.45, 2.75) is 71.0 Å². The Kier molecular flexibility index (Phi) is 4.81. The molecule has 20 heavy (non-hydrogen) atoms. The Hall–Kier alpha value is -0.940. The fourth-order valence-corrected chi connectivity index (χ4v) is 3.22. The van der Waals surface area contributed by atoms with E-state index in [2.05, 4.69) is 42.7 Å². The molecular weight excluding hydrogens is 250 g/mol. The highest BCUT2D eigenvalue weighted by Gasteiger charge is 2.38. The molecule has 2 atom stereocenters. The first kappa shape index (κ1) is 15.4. The van der Waals surface area contributed by atoms with E-state index >= 15 is 0 Å². The van der Waals surface area contributed by atoms with E-state index in [9.17, 15) is 0 Å². The molecule has 2 rings (SSSR count). The van der Waals surface area contributed by atoms with Gasteiger partial charge in [-0.25, -0.2) is 9.67 Å². The number of hydrogen-bond donors (Lipinski definition) is 1. The van der Waals surface area contributed by atoms with Crippen molar-refractivity contribution in [3.05, 3.63) is 12.2 Å². The molecule has 5 heteroatoms. The third-order valence-corrected chi connectivity index (χ3v) is 4.88. The van der Waals surface area contributed by atoms with Crippen LogP contribution in [0.2, 0.25) is 0 Å². The maximum absolute atomic E-state index is 6.58. The van der Waals surface area contributed by atoms with E-state index in [0.29, 0.717) is 6.04 Å². The van der Waals surface area contributed by atoms with Gasteiger partial charge in [0, 0.05) is 24.0 Å². The molecule has 0 amide bonds. The Morgan fingerprint density at radius 3 is 2.55 bits per heavy atom. The number of rotatable bonds is 6. The molecule has 1 aliphatic rings. The summed E-state index contributed by atoms with van der Waals surface area (Å²) in [7, 11) is 0. The van der Waals surface area contributed by atoms with Gasteiger partial charge in [0.2, 0.25) is 0 Å². The van der Waals surface area contributed by atoms with Gasteiger partial charge in [-0.3, -0.25) is 4.90 Å². The van der Waals surface area contributed by atoms with Crippen molar-refractivity contribution < 1.29 is 0 Å². The topological polar surface area (TPSA) is 60.0 Å². The van der Waals surface area contributed by atoms with Gasteiger partial charge in [-0.05, 0) is 53.1 Å². The molecule has 0 radical (unpaired) electrons. The highest BCUT2D eigenvalue weighted by molar-refractivity contribution is 5.02. The lowest BCUT2D eigenvalue weighted by molar-refractivity contribution is 0.0985. The van der Waals surface area contributed by atoms with Crippen LogP contribution in [-0.4, -0.2) is 44.3 Å². The Balaban J connectivity index is 2.12. The molecule has 1 aromatic rings. The molecule has 114 valence electrons. The summed E-state index contributed by atoms with van der Waals surface area (Å²) in [5.74, 6) is 1.01. The fourth-order valence-electron chi connectivity index (χ4n) is 3.22. The number of aromatic nitrogens is 3. The number of likely N-dealkylation sites (tertiary alicyclic amines) is 1. The smallest absolute Gasteiger partial charge is 0.138 e. The van der Waals surface area contributed by atoms with Gasteiger partial charge >= 0.3 is 0 Å². The summed E-state index contributed by atoms with van der Waals surface area (Å²) < 4.78 is 1.99. The predicted octanol–water partition coefficient (Wildman–Crippen LogP) is 1.99. The molecule has 2 heterocycles. The van der Waals surface area contributed by atoms with Gasteiger partial charge in [0.15, 0.2) is 0 Å². The second-order valence-corrected chi connectivity index (χ2v) is 6.43. The summed E-state index contributed by atoms with van der Waals surface area (Å²) >= 11 is 0. The summed E-state index contributed by atoms with van der Waals surface area (Å²) in [6.45, 7) is 11.2. The summed E-state index contributed by atoms with van der Waals surface area (Å²) in [5.41, 5.74) is 6.64. The van der Waals surface area contributed by atoms with Gasteiger partial charge in [-0.1, -0.05) is 6.92 Å². The van der Waals surface area contributed by atoms with Crippen molar-refractivity contribution in [2.75, 3.05) is 13.1 Å². The van der Waals surface area contributed by atoms with E-state index in [1.165, 1.54) is 25.9 Å². The van der Waals surface area contributed by atoms with Gasteiger partial charge in [0.25, 0.3) is 0 Å². The molecule has 0 saturated carbocycles. The van der Waals surface area contributed by atoms with Crippen LogP contribution >= 0.6 is 0 Å². The monoisotopic (exact) mass is 279 g/mol. The zero-order valence-electron chi connectivity index (χ0n) is 13.3. The molecule has 1 aliphatic heterocycles. The lowest BCUT2D eigenvalue weighted by Gasteiger charge is -2.43. The standard InChI is InChI=1S/C15H29N5/c1-5-15(4,19-8-6-7-9-19)13(16)10-14-17-11-18-20(14)12(2)3/h11-13H,5-10,16H2,1-4H3. The lowest BCUT2D eigenvalue weighted by atomic mass is 9.86. The molecule has 1 saturated heterocycles. The molecular formula is C15H29N5. The van der Waals surface area contributed by atoms with Crippen LogP contribution in [0.25, 0.3) is 0 Å². The van der Waals surface area contributed by atoms with Crippen LogP contribution in [0.15, 0.2) is 6.33 Å². The number of hydrogen-bond acceptors (Lipinski definition) is 4. The van der Waals surface area contributed by atoms with Crippen molar-refractivity contribution in [1.29, 1.82) is 0 Å². The zero-order valence-corrected chi connectivity index (χ0v) is 13.3. The third kappa shape index (κ3) is 2.88. The van der Waals surface area contributed by atoms with Crippen LogP contribution in [0.3, 0.4) is 0 Å². The average Bonchev–Trinajstić information content (AvgIpc) is 3.08. The molecule has 0 aliphatic carbocycles. The van der Waals surface area contributed by atoms with Gasteiger partial charge in [-0.2, -0.15) is 5.10 Å². The summed E-state index contributed by atoms with van der Waals surface area (Å²) in [4.78, 5) is 6.97. The summed E-state index contributed by atoms with van der Waals surface area (Å²) in [6.07, 6.45) is 6.10. The zero-order chi connectivity index (χ0) is 14.8. The lowest BCUT2D eigenvalue weighted by Crippen LogP contribution is -2.57. The summed E-state index contributed by atoms with van der Waals surface area (Å²) in [5, 5.41) is 4.31. The van der Waals surface area contributed by atoms with Crippen LogP contribution in [0.4, 0.5) is 0 Å². The minimum absolute atomic E-state index is 0.0598. The van der Waals surface area contributed by atoms with Crippen molar-refractivity contribution in [1.82, 2.24) is 19.7 Å². The van der Waals surface area contributed by atoms with E-state index in [4.69, 9.17) is 5.73 Å². The summed E-state index contributed by atoms with van der Waals surface area (Å²) in [6, 6.07) is 0.423. The first-order chi connectivity index (χ1) is 9.49. The maximum atomic E-state index is 6.58. The van der Waals surface area contributed by atoms with Crippen LogP contribution in [0.1, 0.15) is 58.8 Å². The van der Waals surface area contributed by atoms with E-state index in [1.54, 1.807) is 6.33 Å². The van der Waals surface area contributed by atoms with Crippen LogP contribution < -0.4 is 5.73 Å². The van der Waals surface area contributed by atoms with E-state index in [1.807, 2.05) is 4.68 Å². The van der Waals surface area contributed by atoms with Gasteiger partial charge in [-0.15, -0.1) is 0 Å². The first-order valence-corrected chi connectivity index (χ1v) is 7.88. The van der Waals surface area contributed by atoms with Crippen LogP contribution in [0.5, 0.6) is 0 Å². The molecule has 1 fully saturated rings. The third-order valence-electron chi connectivity index (χ3n) is 4.88. The molecule has 0 aromatic carbocycles. The first-order valence-electron chi connectivity index (χ1n) is 7.88.